The summed E-state index contributed by atoms with van der Waals surface area (Å²) in [5, 5.41) is 6.78. The highest BCUT2D eigenvalue weighted by Crippen LogP contribution is 2.23. The summed E-state index contributed by atoms with van der Waals surface area (Å²) in [6, 6.07) is 15.8. The van der Waals surface area contributed by atoms with E-state index in [1.165, 1.54) is 24.4 Å². The number of carbonyl (C=O) groups is 2. The summed E-state index contributed by atoms with van der Waals surface area (Å²) >= 11 is 5.85. The molecule has 0 aliphatic rings. The Bertz CT molecular complexity index is 1020. The van der Waals surface area contributed by atoms with Crippen LogP contribution < -0.4 is 10.7 Å². The van der Waals surface area contributed by atoms with E-state index in [2.05, 4.69) is 15.8 Å². The monoisotopic (exact) mass is 399 g/mol. The molecule has 0 aliphatic carbocycles. The van der Waals surface area contributed by atoms with E-state index in [4.69, 9.17) is 16.0 Å². The van der Waals surface area contributed by atoms with Gasteiger partial charge in [-0.2, -0.15) is 5.10 Å². The molecule has 0 atom stereocenters. The summed E-state index contributed by atoms with van der Waals surface area (Å²) in [6.07, 6.45) is 1.34. The summed E-state index contributed by atoms with van der Waals surface area (Å²) in [5.74, 6) is -0.554. The van der Waals surface area contributed by atoms with Crippen LogP contribution in [-0.4, -0.2) is 24.6 Å². The zero-order valence-electron chi connectivity index (χ0n) is 14.5. The maximum atomic E-state index is 13.1. The average molecular weight is 400 g/mol. The molecule has 28 heavy (non-hydrogen) atoms. The van der Waals surface area contributed by atoms with E-state index in [1.54, 1.807) is 24.3 Å². The van der Waals surface area contributed by atoms with Crippen LogP contribution in [0.4, 0.5) is 4.39 Å². The lowest BCUT2D eigenvalue weighted by Gasteiger charge is -2.04. The molecule has 0 saturated heterocycles. The van der Waals surface area contributed by atoms with Gasteiger partial charge in [-0.3, -0.25) is 9.59 Å². The van der Waals surface area contributed by atoms with Gasteiger partial charge in [-0.05, 0) is 54.6 Å². The van der Waals surface area contributed by atoms with Crippen molar-refractivity contribution in [3.05, 3.63) is 82.8 Å². The van der Waals surface area contributed by atoms with E-state index in [-0.39, 0.29) is 12.1 Å². The molecule has 0 bridgehead atoms. The van der Waals surface area contributed by atoms with Crippen LogP contribution in [0.15, 0.2) is 70.2 Å². The number of hydrogen-bond donors (Lipinski definition) is 2. The number of hydrogen-bond acceptors (Lipinski definition) is 4. The van der Waals surface area contributed by atoms with Crippen LogP contribution >= 0.6 is 11.6 Å². The maximum Gasteiger partial charge on any atom is 0.259 e. The highest BCUT2D eigenvalue weighted by Gasteiger charge is 2.08. The van der Waals surface area contributed by atoms with Gasteiger partial charge in [-0.1, -0.05) is 17.7 Å². The number of amides is 2. The largest absolute Gasteiger partial charge is 0.455 e. The molecular weight excluding hydrogens is 385 g/mol. The average Bonchev–Trinajstić information content (AvgIpc) is 3.15. The van der Waals surface area contributed by atoms with Crippen LogP contribution in [0, 0.1) is 5.82 Å². The van der Waals surface area contributed by atoms with E-state index >= 15 is 0 Å². The zero-order valence-corrected chi connectivity index (χ0v) is 15.2. The number of nitrogens with zero attached hydrogens (tertiary/aromatic N) is 1. The van der Waals surface area contributed by atoms with Gasteiger partial charge in [0, 0.05) is 16.1 Å². The van der Waals surface area contributed by atoms with E-state index in [1.807, 2.05) is 12.1 Å². The molecule has 2 amide bonds. The number of nitrogens with one attached hydrogen (secondary N) is 2. The van der Waals surface area contributed by atoms with Crippen molar-refractivity contribution in [2.45, 2.75) is 0 Å². The lowest BCUT2D eigenvalue weighted by atomic mass is 10.2. The van der Waals surface area contributed by atoms with Gasteiger partial charge in [0.15, 0.2) is 0 Å². The molecule has 0 unspecified atom stereocenters. The molecule has 8 heteroatoms. The van der Waals surface area contributed by atoms with Crippen molar-refractivity contribution in [2.75, 3.05) is 6.54 Å². The SMILES string of the molecule is O=C(CNC(=O)c1cccc(F)c1)N/N=C/c1ccc(-c2ccc(Cl)cc2)o1. The Morgan fingerprint density at radius 3 is 2.64 bits per heavy atom. The third kappa shape index (κ3) is 5.28. The van der Waals surface area contributed by atoms with Crippen molar-refractivity contribution >= 4 is 29.6 Å². The number of rotatable bonds is 6. The van der Waals surface area contributed by atoms with Crippen molar-refractivity contribution in [3.8, 4) is 11.3 Å². The molecule has 0 fully saturated rings. The van der Waals surface area contributed by atoms with Crippen LogP contribution in [0.25, 0.3) is 11.3 Å². The van der Waals surface area contributed by atoms with Crippen molar-refractivity contribution in [1.82, 2.24) is 10.7 Å². The van der Waals surface area contributed by atoms with Crippen molar-refractivity contribution in [3.63, 3.8) is 0 Å². The lowest BCUT2D eigenvalue weighted by molar-refractivity contribution is -0.120. The predicted molar refractivity (Wildman–Crippen MR) is 104 cm³/mol. The summed E-state index contributed by atoms with van der Waals surface area (Å²) < 4.78 is 18.7. The minimum Gasteiger partial charge on any atom is -0.455 e. The Labute approximate surface area is 165 Å². The first-order valence-electron chi connectivity index (χ1n) is 8.23. The Balaban J connectivity index is 1.48. The van der Waals surface area contributed by atoms with Crippen LogP contribution in [-0.2, 0) is 4.79 Å². The topological polar surface area (TPSA) is 83.7 Å². The van der Waals surface area contributed by atoms with Crippen LogP contribution in [0.2, 0.25) is 5.02 Å². The number of benzene rings is 2. The second kappa shape index (κ2) is 8.96. The fourth-order valence-corrected chi connectivity index (χ4v) is 2.42. The van der Waals surface area contributed by atoms with Crippen LogP contribution in [0.3, 0.4) is 0 Å². The summed E-state index contributed by atoms with van der Waals surface area (Å²) in [5.41, 5.74) is 3.25. The number of halogens is 2. The molecule has 2 N–H and O–H groups in total. The summed E-state index contributed by atoms with van der Waals surface area (Å²) in [4.78, 5) is 23.6. The van der Waals surface area contributed by atoms with E-state index in [0.717, 1.165) is 11.6 Å². The minimum absolute atomic E-state index is 0.126. The second-order valence-corrected chi connectivity index (χ2v) is 6.13. The van der Waals surface area contributed by atoms with Gasteiger partial charge in [0.25, 0.3) is 11.8 Å². The fourth-order valence-electron chi connectivity index (χ4n) is 2.29. The smallest absolute Gasteiger partial charge is 0.259 e. The first-order chi connectivity index (χ1) is 13.5. The van der Waals surface area contributed by atoms with E-state index < -0.39 is 17.6 Å². The molecule has 1 aromatic heterocycles. The van der Waals surface area contributed by atoms with Gasteiger partial charge in [-0.25, -0.2) is 9.82 Å². The Morgan fingerprint density at radius 2 is 1.89 bits per heavy atom. The molecule has 142 valence electrons. The highest BCUT2D eigenvalue weighted by atomic mass is 35.5. The van der Waals surface area contributed by atoms with Gasteiger partial charge < -0.3 is 9.73 Å². The quantitative estimate of drug-likeness (QED) is 0.490. The number of furan rings is 1. The minimum atomic E-state index is -0.558. The van der Waals surface area contributed by atoms with Crippen molar-refractivity contribution in [2.24, 2.45) is 5.10 Å². The fraction of sp³-hybridized carbons (Fsp3) is 0.0500. The molecular formula is C20H15ClFN3O3. The molecule has 0 spiro atoms. The normalized spacial score (nSPS) is 10.8. The maximum absolute atomic E-state index is 13.1. The molecule has 2 aromatic carbocycles. The van der Waals surface area contributed by atoms with Gasteiger partial charge in [0.1, 0.15) is 17.3 Å². The van der Waals surface area contributed by atoms with E-state index in [0.29, 0.717) is 16.5 Å². The van der Waals surface area contributed by atoms with Crippen molar-refractivity contribution in [1.29, 1.82) is 0 Å². The van der Waals surface area contributed by atoms with Gasteiger partial charge in [0.2, 0.25) is 0 Å². The molecule has 6 nitrogen and oxygen atoms in total. The molecule has 0 saturated carbocycles. The Hall–Kier alpha value is -3.45. The first-order valence-corrected chi connectivity index (χ1v) is 8.60. The Morgan fingerprint density at radius 1 is 1.11 bits per heavy atom. The van der Waals surface area contributed by atoms with Crippen LogP contribution in [0.1, 0.15) is 16.1 Å². The Kier molecular flexibility index (Phi) is 6.18. The van der Waals surface area contributed by atoms with Gasteiger partial charge in [0.05, 0.1) is 12.8 Å². The van der Waals surface area contributed by atoms with Gasteiger partial charge in [-0.15, -0.1) is 0 Å². The summed E-state index contributed by atoms with van der Waals surface area (Å²) in [7, 11) is 0. The molecule has 3 aromatic rings. The molecule has 3 rings (SSSR count). The lowest BCUT2D eigenvalue weighted by Crippen LogP contribution is -2.34. The number of hydrazone groups is 1. The third-order valence-electron chi connectivity index (χ3n) is 3.63. The van der Waals surface area contributed by atoms with E-state index in [9.17, 15) is 14.0 Å². The summed E-state index contributed by atoms with van der Waals surface area (Å²) in [6.45, 7) is -0.305. The molecule has 0 radical (unpaired) electrons. The first kappa shape index (κ1) is 19.3. The molecule has 1 heterocycles. The molecule has 0 aliphatic heterocycles. The number of carbonyl (C=O) groups excluding carboxylic acids is 2. The standard InChI is InChI=1S/C20H15ClFN3O3/c21-15-6-4-13(5-7-15)18-9-8-17(28-18)11-24-25-19(26)12-23-20(27)14-2-1-3-16(22)10-14/h1-11H,12H2,(H,23,27)(H,25,26)/b24-11+. The van der Waals surface area contributed by atoms with Crippen LogP contribution in [0.5, 0.6) is 0 Å². The predicted octanol–water partition coefficient (Wildman–Crippen LogP) is 3.62. The highest BCUT2D eigenvalue weighted by molar-refractivity contribution is 6.30. The van der Waals surface area contributed by atoms with Gasteiger partial charge >= 0.3 is 0 Å². The van der Waals surface area contributed by atoms with Crippen molar-refractivity contribution < 1.29 is 18.4 Å². The second-order valence-electron chi connectivity index (χ2n) is 5.70. The zero-order chi connectivity index (χ0) is 19.9. The third-order valence-corrected chi connectivity index (χ3v) is 3.88.